The van der Waals surface area contributed by atoms with Crippen LogP contribution in [0.3, 0.4) is 0 Å². The highest BCUT2D eigenvalue weighted by Gasteiger charge is 2.26. The SMILES string of the molecule is Cc1ccc(C)c(S(=O)(=O)N[C@@H]2CCCc3ccccc32)c1. The highest BCUT2D eigenvalue weighted by molar-refractivity contribution is 7.89. The predicted molar refractivity (Wildman–Crippen MR) is 88.4 cm³/mol. The zero-order valence-electron chi connectivity index (χ0n) is 13.0. The van der Waals surface area contributed by atoms with E-state index in [1.54, 1.807) is 6.07 Å². The molecule has 22 heavy (non-hydrogen) atoms. The summed E-state index contributed by atoms with van der Waals surface area (Å²) in [5.74, 6) is 0. The number of hydrogen-bond donors (Lipinski definition) is 1. The minimum atomic E-state index is -3.51. The van der Waals surface area contributed by atoms with Crippen LogP contribution in [0.25, 0.3) is 0 Å². The largest absolute Gasteiger partial charge is 0.241 e. The van der Waals surface area contributed by atoms with Crippen LogP contribution < -0.4 is 4.72 Å². The molecule has 0 aliphatic heterocycles. The Morgan fingerprint density at radius 3 is 2.68 bits per heavy atom. The van der Waals surface area contributed by atoms with Crippen molar-refractivity contribution in [2.24, 2.45) is 0 Å². The van der Waals surface area contributed by atoms with Gasteiger partial charge in [0.05, 0.1) is 4.90 Å². The molecule has 1 N–H and O–H groups in total. The minimum Gasteiger partial charge on any atom is -0.207 e. The number of hydrogen-bond acceptors (Lipinski definition) is 2. The lowest BCUT2D eigenvalue weighted by atomic mass is 9.88. The van der Waals surface area contributed by atoms with Crippen LogP contribution in [0.1, 0.15) is 41.1 Å². The maximum atomic E-state index is 12.8. The average molecular weight is 315 g/mol. The maximum absolute atomic E-state index is 12.8. The molecule has 0 heterocycles. The van der Waals surface area contributed by atoms with Crippen molar-refractivity contribution in [2.75, 3.05) is 0 Å². The van der Waals surface area contributed by atoms with Gasteiger partial charge in [-0.05, 0) is 61.4 Å². The van der Waals surface area contributed by atoms with Gasteiger partial charge in [0.25, 0.3) is 0 Å². The van der Waals surface area contributed by atoms with E-state index < -0.39 is 10.0 Å². The fourth-order valence-electron chi connectivity index (χ4n) is 3.12. The summed E-state index contributed by atoms with van der Waals surface area (Å²) >= 11 is 0. The number of sulfonamides is 1. The molecule has 0 bridgehead atoms. The maximum Gasteiger partial charge on any atom is 0.241 e. The molecule has 3 nitrogen and oxygen atoms in total. The Bertz CT molecular complexity index is 796. The molecule has 0 amide bonds. The zero-order valence-corrected chi connectivity index (χ0v) is 13.8. The van der Waals surface area contributed by atoms with Crippen LogP contribution >= 0.6 is 0 Å². The lowest BCUT2D eigenvalue weighted by Gasteiger charge is -2.26. The Morgan fingerprint density at radius 2 is 1.86 bits per heavy atom. The molecular formula is C18H21NO2S. The van der Waals surface area contributed by atoms with Crippen LogP contribution in [0.5, 0.6) is 0 Å². The molecule has 3 rings (SSSR count). The first kappa shape index (κ1) is 15.3. The van der Waals surface area contributed by atoms with Crippen molar-refractivity contribution in [1.82, 2.24) is 4.72 Å². The van der Waals surface area contributed by atoms with E-state index in [1.165, 1.54) is 5.56 Å². The van der Waals surface area contributed by atoms with E-state index in [1.807, 2.05) is 44.2 Å². The van der Waals surface area contributed by atoms with Crippen molar-refractivity contribution < 1.29 is 8.42 Å². The molecular weight excluding hydrogens is 294 g/mol. The highest BCUT2D eigenvalue weighted by atomic mass is 32.2. The second-order valence-corrected chi connectivity index (χ2v) is 7.72. The van der Waals surface area contributed by atoms with Gasteiger partial charge in [-0.25, -0.2) is 13.1 Å². The molecule has 1 aliphatic carbocycles. The number of fused-ring (bicyclic) bond motifs is 1. The van der Waals surface area contributed by atoms with E-state index in [4.69, 9.17) is 0 Å². The molecule has 1 aliphatic rings. The molecule has 0 saturated heterocycles. The topological polar surface area (TPSA) is 46.2 Å². The summed E-state index contributed by atoms with van der Waals surface area (Å²) < 4.78 is 28.5. The van der Waals surface area contributed by atoms with Crippen LogP contribution in [-0.2, 0) is 16.4 Å². The van der Waals surface area contributed by atoms with Gasteiger partial charge in [0.2, 0.25) is 10.0 Å². The second kappa shape index (κ2) is 5.86. The predicted octanol–water partition coefficient (Wildman–Crippen LogP) is 3.66. The van der Waals surface area contributed by atoms with E-state index in [0.29, 0.717) is 4.90 Å². The van der Waals surface area contributed by atoms with Gasteiger partial charge in [0.15, 0.2) is 0 Å². The molecule has 2 aromatic rings. The van der Waals surface area contributed by atoms with Gasteiger partial charge in [-0.1, -0.05) is 36.4 Å². The van der Waals surface area contributed by atoms with Gasteiger partial charge in [0.1, 0.15) is 0 Å². The standard InChI is InChI=1S/C18H21NO2S/c1-13-10-11-14(2)18(12-13)22(20,21)19-17-9-5-7-15-6-3-4-8-16(15)17/h3-4,6,8,10-12,17,19H,5,7,9H2,1-2H3/t17-/m1/s1. The third kappa shape index (κ3) is 2.94. The first-order valence-corrected chi connectivity index (χ1v) is 9.13. The smallest absolute Gasteiger partial charge is 0.207 e. The van der Waals surface area contributed by atoms with Crippen molar-refractivity contribution in [1.29, 1.82) is 0 Å². The Hall–Kier alpha value is -1.65. The lowest BCUT2D eigenvalue weighted by Crippen LogP contribution is -2.31. The Kier molecular flexibility index (Phi) is 4.06. The first-order chi connectivity index (χ1) is 10.5. The minimum absolute atomic E-state index is 0.130. The summed E-state index contributed by atoms with van der Waals surface area (Å²) in [6, 6.07) is 13.5. The first-order valence-electron chi connectivity index (χ1n) is 7.65. The van der Waals surface area contributed by atoms with E-state index in [2.05, 4.69) is 10.8 Å². The van der Waals surface area contributed by atoms with Gasteiger partial charge in [-0.3, -0.25) is 0 Å². The van der Waals surface area contributed by atoms with E-state index >= 15 is 0 Å². The van der Waals surface area contributed by atoms with Gasteiger partial charge >= 0.3 is 0 Å². The summed E-state index contributed by atoms with van der Waals surface area (Å²) in [6.07, 6.45) is 2.88. The third-order valence-corrected chi connectivity index (χ3v) is 5.91. The number of nitrogens with one attached hydrogen (secondary N) is 1. The van der Waals surface area contributed by atoms with Crippen molar-refractivity contribution >= 4 is 10.0 Å². The average Bonchev–Trinajstić information content (AvgIpc) is 2.50. The van der Waals surface area contributed by atoms with Crippen LogP contribution in [0.4, 0.5) is 0 Å². The van der Waals surface area contributed by atoms with E-state index in [0.717, 1.165) is 36.0 Å². The molecule has 0 fully saturated rings. The van der Waals surface area contributed by atoms with Crippen LogP contribution in [0.2, 0.25) is 0 Å². The van der Waals surface area contributed by atoms with E-state index in [-0.39, 0.29) is 6.04 Å². The van der Waals surface area contributed by atoms with Gasteiger partial charge < -0.3 is 0 Å². The normalized spacial score (nSPS) is 18.0. The molecule has 0 saturated carbocycles. The second-order valence-electron chi connectivity index (χ2n) is 6.03. The Morgan fingerprint density at radius 1 is 1.09 bits per heavy atom. The highest BCUT2D eigenvalue weighted by Crippen LogP contribution is 2.31. The van der Waals surface area contributed by atoms with Crippen molar-refractivity contribution in [2.45, 2.75) is 44.0 Å². The third-order valence-electron chi connectivity index (χ3n) is 4.30. The molecule has 0 unspecified atom stereocenters. The molecule has 0 radical (unpaired) electrons. The van der Waals surface area contributed by atoms with Crippen LogP contribution in [0, 0.1) is 13.8 Å². The molecule has 2 aromatic carbocycles. The van der Waals surface area contributed by atoms with Gasteiger partial charge in [-0.2, -0.15) is 0 Å². The van der Waals surface area contributed by atoms with Crippen LogP contribution in [0.15, 0.2) is 47.4 Å². The molecule has 0 aromatic heterocycles. The number of rotatable bonds is 3. The fraction of sp³-hybridized carbons (Fsp3) is 0.333. The number of benzene rings is 2. The van der Waals surface area contributed by atoms with Gasteiger partial charge in [-0.15, -0.1) is 0 Å². The fourth-order valence-corrected chi connectivity index (χ4v) is 4.70. The van der Waals surface area contributed by atoms with Crippen molar-refractivity contribution in [3.63, 3.8) is 0 Å². The van der Waals surface area contributed by atoms with E-state index in [9.17, 15) is 8.42 Å². The quantitative estimate of drug-likeness (QED) is 0.939. The number of aryl methyl sites for hydroxylation is 3. The monoisotopic (exact) mass is 315 g/mol. The summed E-state index contributed by atoms with van der Waals surface area (Å²) in [5, 5.41) is 0. The Labute approximate surface area is 132 Å². The Balaban J connectivity index is 1.95. The zero-order chi connectivity index (χ0) is 15.7. The molecule has 1 atom stereocenters. The summed E-state index contributed by atoms with van der Waals surface area (Å²) in [7, 11) is -3.51. The summed E-state index contributed by atoms with van der Waals surface area (Å²) in [5.41, 5.74) is 4.10. The van der Waals surface area contributed by atoms with Crippen LogP contribution in [-0.4, -0.2) is 8.42 Å². The molecule has 0 spiro atoms. The summed E-state index contributed by atoms with van der Waals surface area (Å²) in [6.45, 7) is 3.75. The van der Waals surface area contributed by atoms with Gasteiger partial charge in [0, 0.05) is 6.04 Å². The van der Waals surface area contributed by atoms with Crippen molar-refractivity contribution in [3.8, 4) is 0 Å². The summed E-state index contributed by atoms with van der Waals surface area (Å²) in [4.78, 5) is 0.385. The lowest BCUT2D eigenvalue weighted by molar-refractivity contribution is 0.507. The van der Waals surface area contributed by atoms with Crippen molar-refractivity contribution in [3.05, 3.63) is 64.7 Å². The molecule has 4 heteroatoms. The molecule has 116 valence electrons.